The molecule has 3 aromatic heterocycles. The number of para-hydroxylation sites is 1. The summed E-state index contributed by atoms with van der Waals surface area (Å²) in [6.07, 6.45) is -9.45. The van der Waals surface area contributed by atoms with E-state index in [1.165, 1.54) is 12.1 Å². The number of benzene rings is 8. The second-order valence-electron chi connectivity index (χ2n) is 16.6. The normalized spacial score (nSPS) is 12.2. The number of fused-ring (bicyclic) bond motifs is 6. The molecule has 10 heteroatoms. The van der Waals surface area contributed by atoms with E-state index >= 15 is 0 Å². The fourth-order valence-corrected chi connectivity index (χ4v) is 9.22. The number of nitrogens with zero attached hydrogens (tertiary/aromatic N) is 4. The van der Waals surface area contributed by atoms with E-state index in [9.17, 15) is 26.3 Å². The van der Waals surface area contributed by atoms with E-state index in [0.29, 0.717) is 33.8 Å². The van der Waals surface area contributed by atoms with Gasteiger partial charge in [-0.3, -0.25) is 0 Å². The zero-order chi connectivity index (χ0) is 45.5. The van der Waals surface area contributed by atoms with Gasteiger partial charge in [-0.25, -0.2) is 9.97 Å². The third kappa shape index (κ3) is 6.97. The SMILES string of the molecule is Cc1ccc2c(c1)c1cc(C)ccc1n2-c1ccc(-c2cc(-c3ccccc3)nc(-c3ccccc3)n2)cc1-c1ccccc1-n1c2ccc(C(F)(F)F)cc2c2cc(C(F)(F)F)ccc21. The highest BCUT2D eigenvalue weighted by atomic mass is 19.4. The standard InChI is InChI=1S/C56H36F6N4/c1-33-17-22-49-41(27-33)42-28-34(2)18-23-50(42)66(49)51-24-19-37(47-32-46(35-11-5-3-6-12-35)63-54(64-47)36-13-7-4-8-14-36)29-43(51)40-15-9-10-16-48(40)65-52-25-20-38(55(57,58)59)30-44(52)45-31-39(56(60,61)62)21-26-53(45)65/h3-32H,1-2H3. The van der Waals surface area contributed by atoms with Crippen molar-refractivity contribution in [3.63, 3.8) is 0 Å². The van der Waals surface area contributed by atoms with Crippen molar-refractivity contribution in [3.8, 4) is 56.4 Å². The van der Waals surface area contributed by atoms with Crippen LogP contribution in [0.5, 0.6) is 0 Å². The lowest BCUT2D eigenvalue weighted by atomic mass is 9.96. The van der Waals surface area contributed by atoms with Crippen molar-refractivity contribution < 1.29 is 26.3 Å². The van der Waals surface area contributed by atoms with Crippen molar-refractivity contribution in [2.75, 3.05) is 0 Å². The van der Waals surface area contributed by atoms with Crippen LogP contribution in [0.3, 0.4) is 0 Å². The second-order valence-corrected chi connectivity index (χ2v) is 16.6. The Labute approximate surface area is 374 Å². The molecule has 322 valence electrons. The molecule has 3 heterocycles. The van der Waals surface area contributed by atoms with Gasteiger partial charge in [-0.15, -0.1) is 0 Å². The first-order valence-corrected chi connectivity index (χ1v) is 21.3. The van der Waals surface area contributed by atoms with Crippen molar-refractivity contribution in [3.05, 3.63) is 204 Å². The van der Waals surface area contributed by atoms with Crippen LogP contribution in [-0.4, -0.2) is 19.1 Å². The van der Waals surface area contributed by atoms with Gasteiger partial charge in [0.1, 0.15) is 0 Å². The van der Waals surface area contributed by atoms with Gasteiger partial charge in [-0.1, -0.05) is 108 Å². The van der Waals surface area contributed by atoms with Crippen LogP contribution in [0, 0.1) is 13.8 Å². The largest absolute Gasteiger partial charge is 0.416 e. The first-order valence-electron chi connectivity index (χ1n) is 21.3. The molecule has 0 saturated carbocycles. The maximum Gasteiger partial charge on any atom is 0.416 e. The van der Waals surface area contributed by atoms with Crippen molar-refractivity contribution in [1.29, 1.82) is 0 Å². The summed E-state index contributed by atoms with van der Waals surface area (Å²) in [6.45, 7) is 4.12. The lowest BCUT2D eigenvalue weighted by Crippen LogP contribution is -2.05. The first kappa shape index (κ1) is 40.8. The molecule has 0 aliphatic heterocycles. The van der Waals surface area contributed by atoms with E-state index < -0.39 is 23.5 Å². The topological polar surface area (TPSA) is 35.6 Å². The van der Waals surface area contributed by atoms with Crippen LogP contribution in [0.1, 0.15) is 22.3 Å². The van der Waals surface area contributed by atoms with E-state index in [1.54, 1.807) is 4.57 Å². The van der Waals surface area contributed by atoms with E-state index in [1.807, 2.05) is 97.1 Å². The summed E-state index contributed by atoms with van der Waals surface area (Å²) in [5.74, 6) is 0.535. The molecule has 4 nitrogen and oxygen atoms in total. The van der Waals surface area contributed by atoms with Gasteiger partial charge in [0.05, 0.1) is 56.0 Å². The highest BCUT2D eigenvalue weighted by Crippen LogP contribution is 2.45. The Morgan fingerprint density at radius 3 is 1.33 bits per heavy atom. The fourth-order valence-electron chi connectivity index (χ4n) is 9.22. The molecule has 0 radical (unpaired) electrons. The predicted molar refractivity (Wildman–Crippen MR) is 252 cm³/mol. The van der Waals surface area contributed by atoms with Gasteiger partial charge in [-0.2, -0.15) is 26.3 Å². The van der Waals surface area contributed by atoms with Gasteiger partial charge in [0.2, 0.25) is 0 Å². The van der Waals surface area contributed by atoms with Crippen LogP contribution in [0.15, 0.2) is 182 Å². The van der Waals surface area contributed by atoms with Gasteiger partial charge < -0.3 is 9.13 Å². The molecule has 0 saturated heterocycles. The number of hydrogen-bond donors (Lipinski definition) is 0. The minimum absolute atomic E-state index is 0.0470. The van der Waals surface area contributed by atoms with Crippen LogP contribution < -0.4 is 0 Å². The predicted octanol–water partition coefficient (Wildman–Crippen LogP) is 16.0. The second kappa shape index (κ2) is 15.3. The monoisotopic (exact) mass is 878 g/mol. The molecule has 66 heavy (non-hydrogen) atoms. The maximum atomic E-state index is 14.3. The lowest BCUT2D eigenvalue weighted by molar-refractivity contribution is -0.138. The van der Waals surface area contributed by atoms with Crippen molar-refractivity contribution in [2.24, 2.45) is 0 Å². The van der Waals surface area contributed by atoms with E-state index in [2.05, 4.69) is 66.9 Å². The number of aryl methyl sites for hydroxylation is 2. The fraction of sp³-hybridized carbons (Fsp3) is 0.0714. The molecule has 0 fully saturated rings. The summed E-state index contributed by atoms with van der Waals surface area (Å²) in [7, 11) is 0. The molecular weight excluding hydrogens is 843 g/mol. The quantitative estimate of drug-likeness (QED) is 0.156. The first-order chi connectivity index (χ1) is 31.8. The summed E-state index contributed by atoms with van der Waals surface area (Å²) < 4.78 is 89.6. The van der Waals surface area contributed by atoms with Gasteiger partial charge in [0.15, 0.2) is 5.82 Å². The highest BCUT2D eigenvalue weighted by Gasteiger charge is 2.34. The van der Waals surface area contributed by atoms with Crippen LogP contribution >= 0.6 is 0 Å². The summed E-state index contributed by atoms with van der Waals surface area (Å²) in [5, 5.41) is 2.23. The number of hydrogen-bond acceptors (Lipinski definition) is 2. The summed E-state index contributed by atoms with van der Waals surface area (Å²) in [5.41, 5.74) is 9.53. The van der Waals surface area contributed by atoms with Gasteiger partial charge in [0.25, 0.3) is 0 Å². The van der Waals surface area contributed by atoms with Gasteiger partial charge >= 0.3 is 12.4 Å². The van der Waals surface area contributed by atoms with Crippen molar-refractivity contribution in [2.45, 2.75) is 26.2 Å². The number of alkyl halides is 6. The Morgan fingerprint density at radius 2 is 0.803 bits per heavy atom. The van der Waals surface area contributed by atoms with E-state index in [4.69, 9.17) is 9.97 Å². The van der Waals surface area contributed by atoms with Gasteiger partial charge in [0, 0.05) is 49.4 Å². The number of halogens is 6. The minimum Gasteiger partial charge on any atom is -0.309 e. The smallest absolute Gasteiger partial charge is 0.309 e. The Hall–Kier alpha value is -7.98. The van der Waals surface area contributed by atoms with Gasteiger partial charge in [-0.05, 0) is 98.8 Å². The average Bonchev–Trinajstić information content (AvgIpc) is 3.82. The molecule has 0 atom stereocenters. The van der Waals surface area contributed by atoms with Crippen LogP contribution in [0.25, 0.3) is 100 Å². The molecule has 0 amide bonds. The number of rotatable bonds is 6. The third-order valence-electron chi connectivity index (χ3n) is 12.3. The highest BCUT2D eigenvalue weighted by molar-refractivity contribution is 6.12. The third-order valence-corrected chi connectivity index (χ3v) is 12.3. The number of aromatic nitrogens is 4. The summed E-state index contributed by atoms with van der Waals surface area (Å²) in [6, 6.07) is 54.5. The van der Waals surface area contributed by atoms with Crippen LogP contribution in [-0.2, 0) is 12.4 Å². The maximum absolute atomic E-state index is 14.3. The molecule has 0 N–H and O–H groups in total. The zero-order valence-corrected chi connectivity index (χ0v) is 35.4. The average molecular weight is 879 g/mol. The lowest BCUT2D eigenvalue weighted by Gasteiger charge is -2.20. The minimum atomic E-state index is -4.72. The molecule has 0 spiro atoms. The molecular formula is C56H36F6N4. The Balaban J connectivity index is 1.23. The summed E-state index contributed by atoms with van der Waals surface area (Å²) in [4.78, 5) is 10.2. The van der Waals surface area contributed by atoms with Crippen LogP contribution in [0.2, 0.25) is 0 Å². The van der Waals surface area contributed by atoms with Crippen molar-refractivity contribution >= 4 is 43.6 Å². The van der Waals surface area contributed by atoms with Crippen molar-refractivity contribution in [1.82, 2.24) is 19.1 Å². The zero-order valence-electron chi connectivity index (χ0n) is 35.4. The molecule has 0 aliphatic rings. The molecule has 0 bridgehead atoms. The molecule has 8 aromatic carbocycles. The van der Waals surface area contributed by atoms with E-state index in [0.717, 1.165) is 90.8 Å². The molecule has 11 aromatic rings. The summed E-state index contributed by atoms with van der Waals surface area (Å²) >= 11 is 0. The Morgan fingerprint density at radius 1 is 0.364 bits per heavy atom. The van der Waals surface area contributed by atoms with E-state index in [-0.39, 0.29) is 10.8 Å². The molecule has 11 rings (SSSR count). The Bertz CT molecular complexity index is 3510. The Kier molecular flexibility index (Phi) is 9.47. The molecule has 0 aliphatic carbocycles. The molecule has 0 unspecified atom stereocenters. The van der Waals surface area contributed by atoms with Crippen LogP contribution in [0.4, 0.5) is 26.3 Å².